The van der Waals surface area contributed by atoms with Crippen LogP contribution in [0.3, 0.4) is 0 Å². The fourth-order valence-corrected chi connectivity index (χ4v) is 2.99. The Bertz CT molecular complexity index is 543. The minimum atomic E-state index is 0.273. The van der Waals surface area contributed by atoms with Crippen molar-refractivity contribution < 1.29 is 5.11 Å². The van der Waals surface area contributed by atoms with Gasteiger partial charge in [0.2, 0.25) is 0 Å². The van der Waals surface area contributed by atoms with E-state index >= 15 is 0 Å². The van der Waals surface area contributed by atoms with Crippen molar-refractivity contribution in [1.29, 1.82) is 0 Å². The molecule has 0 atom stereocenters. The molecule has 0 aliphatic carbocycles. The van der Waals surface area contributed by atoms with Gasteiger partial charge in [-0.15, -0.1) is 0 Å². The number of para-hydroxylation sites is 1. The van der Waals surface area contributed by atoms with E-state index in [2.05, 4.69) is 45.2 Å². The molecule has 4 nitrogen and oxygen atoms in total. The third-order valence-corrected chi connectivity index (χ3v) is 4.25. The van der Waals surface area contributed by atoms with Crippen LogP contribution in [0, 0.1) is 0 Å². The van der Waals surface area contributed by atoms with Crippen molar-refractivity contribution in [3.63, 3.8) is 0 Å². The van der Waals surface area contributed by atoms with E-state index in [4.69, 9.17) is 5.11 Å². The Morgan fingerprint density at radius 1 is 1.00 bits per heavy atom. The summed E-state index contributed by atoms with van der Waals surface area (Å²) in [5, 5.41) is 10.3. The number of hydrogen-bond donors (Lipinski definition) is 2. The fourth-order valence-electron chi connectivity index (χ4n) is 2.99. The molecule has 1 aromatic heterocycles. The summed E-state index contributed by atoms with van der Waals surface area (Å²) in [5.74, 6) is 0. The maximum absolute atomic E-state index is 8.95. The number of rotatable bonds is 5. The molecule has 2 heterocycles. The van der Waals surface area contributed by atoms with Gasteiger partial charge in [-0.25, -0.2) is 0 Å². The van der Waals surface area contributed by atoms with E-state index in [1.165, 1.54) is 16.5 Å². The number of hydrogen-bond acceptors (Lipinski definition) is 3. The number of aliphatic hydroxyl groups excluding tert-OH is 1. The molecule has 4 heteroatoms. The van der Waals surface area contributed by atoms with Gasteiger partial charge in [0, 0.05) is 56.4 Å². The molecule has 1 fully saturated rings. The van der Waals surface area contributed by atoms with Crippen LogP contribution in [0.15, 0.2) is 30.5 Å². The van der Waals surface area contributed by atoms with Crippen LogP contribution in [-0.4, -0.2) is 65.8 Å². The molecule has 3 rings (SSSR count). The molecule has 0 saturated carbocycles. The summed E-state index contributed by atoms with van der Waals surface area (Å²) in [6.07, 6.45) is 3.25. The highest BCUT2D eigenvalue weighted by molar-refractivity contribution is 5.83. The Hall–Kier alpha value is -1.36. The second-order valence-corrected chi connectivity index (χ2v) is 5.52. The van der Waals surface area contributed by atoms with E-state index in [0.29, 0.717) is 0 Å². The summed E-state index contributed by atoms with van der Waals surface area (Å²) in [7, 11) is 0. The Morgan fingerprint density at radius 3 is 2.45 bits per heavy atom. The van der Waals surface area contributed by atoms with Gasteiger partial charge in [0.05, 0.1) is 6.61 Å². The van der Waals surface area contributed by atoms with Crippen molar-refractivity contribution in [3.05, 3.63) is 36.0 Å². The SMILES string of the molecule is OCCN1CCN(CCc2c[nH]c3ccccc23)CC1. The normalized spacial score (nSPS) is 17.9. The molecular weight excluding hydrogens is 250 g/mol. The third-order valence-electron chi connectivity index (χ3n) is 4.25. The number of H-pyrrole nitrogens is 1. The van der Waals surface area contributed by atoms with Crippen molar-refractivity contribution in [2.24, 2.45) is 0 Å². The van der Waals surface area contributed by atoms with Crippen LogP contribution < -0.4 is 0 Å². The number of nitrogens with zero attached hydrogens (tertiary/aromatic N) is 2. The molecule has 1 aliphatic rings. The first kappa shape index (κ1) is 13.6. The average Bonchev–Trinajstić information content (AvgIpc) is 2.90. The molecule has 20 heavy (non-hydrogen) atoms. The first-order valence-electron chi connectivity index (χ1n) is 7.47. The molecule has 0 bridgehead atoms. The summed E-state index contributed by atoms with van der Waals surface area (Å²) in [6, 6.07) is 8.50. The summed E-state index contributed by atoms with van der Waals surface area (Å²) >= 11 is 0. The number of β-amino-alcohol motifs (C(OH)–C–C–N with tert-alkyl or cyclic N) is 1. The minimum Gasteiger partial charge on any atom is -0.395 e. The minimum absolute atomic E-state index is 0.273. The van der Waals surface area contributed by atoms with Crippen molar-refractivity contribution >= 4 is 10.9 Å². The molecule has 0 spiro atoms. The third kappa shape index (κ3) is 3.03. The molecular formula is C16H23N3O. The number of piperazine rings is 1. The number of aromatic amines is 1. The number of benzene rings is 1. The summed E-state index contributed by atoms with van der Waals surface area (Å²) in [4.78, 5) is 8.20. The predicted octanol–water partition coefficient (Wildman–Crippen LogP) is 1.32. The monoisotopic (exact) mass is 273 g/mol. The van der Waals surface area contributed by atoms with Crippen LogP contribution in [0.1, 0.15) is 5.56 Å². The average molecular weight is 273 g/mol. The van der Waals surface area contributed by atoms with Gasteiger partial charge in [-0.3, -0.25) is 4.90 Å². The predicted molar refractivity (Wildman–Crippen MR) is 82.0 cm³/mol. The maximum Gasteiger partial charge on any atom is 0.0558 e. The maximum atomic E-state index is 8.95. The lowest BCUT2D eigenvalue weighted by molar-refractivity contribution is 0.113. The Morgan fingerprint density at radius 2 is 1.70 bits per heavy atom. The highest BCUT2D eigenvalue weighted by Crippen LogP contribution is 2.18. The Balaban J connectivity index is 1.53. The van der Waals surface area contributed by atoms with E-state index in [0.717, 1.165) is 45.7 Å². The van der Waals surface area contributed by atoms with Crippen LogP contribution in [0.25, 0.3) is 10.9 Å². The van der Waals surface area contributed by atoms with Crippen LogP contribution in [0.5, 0.6) is 0 Å². The first-order chi connectivity index (χ1) is 9.86. The summed E-state index contributed by atoms with van der Waals surface area (Å²) in [5.41, 5.74) is 2.65. The molecule has 0 amide bonds. The van der Waals surface area contributed by atoms with Gasteiger partial charge in [0.25, 0.3) is 0 Å². The number of aromatic nitrogens is 1. The van der Waals surface area contributed by atoms with Crippen molar-refractivity contribution in [3.8, 4) is 0 Å². The van der Waals surface area contributed by atoms with Gasteiger partial charge in [-0.1, -0.05) is 18.2 Å². The first-order valence-corrected chi connectivity index (χ1v) is 7.47. The van der Waals surface area contributed by atoms with Crippen LogP contribution in [0.2, 0.25) is 0 Å². The second-order valence-electron chi connectivity index (χ2n) is 5.52. The molecule has 108 valence electrons. The van der Waals surface area contributed by atoms with E-state index < -0.39 is 0 Å². The van der Waals surface area contributed by atoms with Crippen molar-refractivity contribution in [1.82, 2.24) is 14.8 Å². The van der Waals surface area contributed by atoms with E-state index in [9.17, 15) is 0 Å². The van der Waals surface area contributed by atoms with Gasteiger partial charge in [-0.2, -0.15) is 0 Å². The van der Waals surface area contributed by atoms with E-state index in [1.54, 1.807) is 0 Å². The van der Waals surface area contributed by atoms with Gasteiger partial charge in [0.15, 0.2) is 0 Å². The lowest BCUT2D eigenvalue weighted by Gasteiger charge is -2.34. The van der Waals surface area contributed by atoms with Crippen molar-refractivity contribution in [2.75, 3.05) is 45.9 Å². The summed E-state index contributed by atoms with van der Waals surface area (Å²) < 4.78 is 0. The zero-order chi connectivity index (χ0) is 13.8. The summed E-state index contributed by atoms with van der Waals surface area (Å²) in [6.45, 7) is 6.59. The standard InChI is InChI=1S/C16H23N3O/c20-12-11-19-9-7-18(8-10-19)6-5-14-13-17-16-4-2-1-3-15(14)16/h1-4,13,17,20H,5-12H2. The lowest BCUT2D eigenvalue weighted by atomic mass is 10.1. The van der Waals surface area contributed by atoms with Gasteiger partial charge < -0.3 is 15.0 Å². The lowest BCUT2D eigenvalue weighted by Crippen LogP contribution is -2.47. The van der Waals surface area contributed by atoms with Gasteiger partial charge in [-0.05, 0) is 18.1 Å². The second kappa shape index (κ2) is 6.39. The molecule has 1 aliphatic heterocycles. The highest BCUT2D eigenvalue weighted by atomic mass is 16.3. The smallest absolute Gasteiger partial charge is 0.0558 e. The van der Waals surface area contributed by atoms with E-state index in [1.807, 2.05) is 0 Å². The Labute approximate surface area is 120 Å². The number of fused-ring (bicyclic) bond motifs is 1. The van der Waals surface area contributed by atoms with Crippen LogP contribution in [0.4, 0.5) is 0 Å². The molecule has 1 saturated heterocycles. The fraction of sp³-hybridized carbons (Fsp3) is 0.500. The topological polar surface area (TPSA) is 42.5 Å². The van der Waals surface area contributed by atoms with Crippen LogP contribution >= 0.6 is 0 Å². The Kier molecular flexibility index (Phi) is 4.35. The zero-order valence-electron chi connectivity index (χ0n) is 11.9. The number of nitrogens with one attached hydrogen (secondary N) is 1. The van der Waals surface area contributed by atoms with E-state index in [-0.39, 0.29) is 6.61 Å². The van der Waals surface area contributed by atoms with Gasteiger partial charge >= 0.3 is 0 Å². The van der Waals surface area contributed by atoms with Gasteiger partial charge in [0.1, 0.15) is 0 Å². The zero-order valence-corrected chi connectivity index (χ0v) is 11.9. The number of aliphatic hydroxyl groups is 1. The quantitative estimate of drug-likeness (QED) is 0.863. The largest absolute Gasteiger partial charge is 0.395 e. The van der Waals surface area contributed by atoms with Crippen molar-refractivity contribution in [2.45, 2.75) is 6.42 Å². The highest BCUT2D eigenvalue weighted by Gasteiger charge is 2.16. The molecule has 1 aromatic carbocycles. The molecule has 0 unspecified atom stereocenters. The molecule has 2 aromatic rings. The molecule has 0 radical (unpaired) electrons. The molecule has 2 N–H and O–H groups in total. The van der Waals surface area contributed by atoms with Crippen LogP contribution in [-0.2, 0) is 6.42 Å².